The maximum atomic E-state index is 4.49. The van der Waals surface area contributed by atoms with Crippen LogP contribution in [0.1, 0.15) is 6.92 Å². The molecule has 0 unspecified atom stereocenters. The molecule has 0 fully saturated rings. The van der Waals surface area contributed by atoms with E-state index < -0.39 is 0 Å². The van der Waals surface area contributed by atoms with Gasteiger partial charge in [-0.1, -0.05) is 0 Å². The van der Waals surface area contributed by atoms with E-state index in [0.717, 1.165) is 0 Å². The predicted molar refractivity (Wildman–Crippen MR) is 16.9 cm³/mol. The van der Waals surface area contributed by atoms with Crippen molar-refractivity contribution in [2.75, 3.05) is 0 Å². The summed E-state index contributed by atoms with van der Waals surface area (Å²) in [6.07, 6.45) is 0. The van der Waals surface area contributed by atoms with Crippen molar-refractivity contribution in [1.82, 2.24) is 0 Å². The minimum absolute atomic E-state index is 1.75. The Hall–Kier alpha value is 0.952. The van der Waals surface area contributed by atoms with Crippen molar-refractivity contribution in [3.63, 3.8) is 0 Å². The number of hydrogen-bond acceptors (Lipinski definition) is 0. The summed E-state index contributed by atoms with van der Waals surface area (Å²) in [4.78, 5) is 0. The summed E-state index contributed by atoms with van der Waals surface area (Å²) >= 11 is 2.22. The Morgan fingerprint density at radius 3 is 1.50 bits per heavy atom. The Bertz CT molecular complexity index is 6.00. The molecule has 0 aromatic carbocycles. The maximum absolute atomic E-state index is 4.49. The molecule has 0 spiro atoms. The van der Waals surface area contributed by atoms with Crippen LogP contribution in [0.25, 0.3) is 0 Å². The molecule has 0 aromatic rings. The molecule has 0 aliphatic rings. The van der Waals surface area contributed by atoms with E-state index in [-0.39, 0.29) is 0 Å². The van der Waals surface area contributed by atoms with Gasteiger partial charge in [-0.25, -0.2) is 0 Å². The zero-order valence-electron chi connectivity index (χ0n) is 2.40. The van der Waals surface area contributed by atoms with Crippen LogP contribution < -0.4 is 0 Å². The van der Waals surface area contributed by atoms with Gasteiger partial charge in [0, 0.05) is 0 Å². The van der Waals surface area contributed by atoms with E-state index in [0.29, 0.717) is 0 Å². The molecule has 2 heteroatoms. The first-order valence-electron chi connectivity index (χ1n) is 0.827. The Kier molecular flexibility index (Phi) is 84.3. The molecule has 0 heterocycles. The van der Waals surface area contributed by atoms with Crippen molar-refractivity contribution in [3.05, 3.63) is 6.92 Å². The van der Waals surface area contributed by atoms with Crippen molar-refractivity contribution in [3.8, 4) is 0 Å². The topological polar surface area (TPSA) is 0 Å². The van der Waals surface area contributed by atoms with Crippen molar-refractivity contribution in [2.24, 2.45) is 0 Å². The number of hydrogen-bond donors (Lipinski definition) is 0. The Morgan fingerprint density at radius 2 is 1.50 bits per heavy atom. The van der Waals surface area contributed by atoms with Crippen molar-refractivity contribution >= 4 is 9.53 Å². The average Bonchev–Trinajstić information content (AvgIpc) is 1.50. The first kappa shape index (κ1) is 8.88. The summed E-state index contributed by atoms with van der Waals surface area (Å²) in [6.45, 7) is 5.00. The minimum atomic E-state index is 1.75. The molecule has 0 radical (unpaired) electrons. The molecule has 0 rings (SSSR count). The van der Waals surface area contributed by atoms with E-state index in [2.05, 4.69) is 34.6 Å². The van der Waals surface area contributed by atoms with Crippen molar-refractivity contribution < 1.29 is 18.2 Å². The zero-order valence-corrected chi connectivity index (χ0v) is 4.71. The van der Waals surface area contributed by atoms with Crippen molar-refractivity contribution in [2.45, 2.75) is 6.92 Å². The molecule has 0 atom stereocenters. The molecule has 0 bridgehead atoms. The molecule has 0 amide bonds. The van der Waals surface area contributed by atoms with Gasteiger partial charge < -0.3 is 6.92 Å². The van der Waals surface area contributed by atoms with Crippen LogP contribution >= 0.6 is 9.53 Å². The molecule has 0 aliphatic carbocycles. The van der Waals surface area contributed by atoms with E-state index in [1.165, 1.54) is 0 Å². The van der Waals surface area contributed by atoms with Crippen LogP contribution in [-0.2, 0) is 18.2 Å². The van der Waals surface area contributed by atoms with E-state index >= 15 is 0 Å². The summed E-state index contributed by atoms with van der Waals surface area (Å²) in [5.41, 5.74) is 0. The Morgan fingerprint density at radius 1 is 1.50 bits per heavy atom. The molecular weight excluding hydrogens is 166 g/mol. The van der Waals surface area contributed by atoms with Gasteiger partial charge >= 0.3 is 27.7 Å². The van der Waals surface area contributed by atoms with Gasteiger partial charge in [0.1, 0.15) is 0 Å². The van der Waals surface area contributed by atoms with Gasteiger partial charge in [0.05, 0.1) is 0 Å². The van der Waals surface area contributed by atoms with Crippen LogP contribution in [0.5, 0.6) is 0 Å². The Labute approximate surface area is 41.9 Å². The normalized spacial score (nSPS) is 3.25. The second kappa shape index (κ2) is 38.0. The summed E-state index contributed by atoms with van der Waals surface area (Å²) in [7, 11) is 4.49. The van der Waals surface area contributed by atoms with Gasteiger partial charge in [0.15, 0.2) is 0 Å². The molecule has 0 N–H and O–H groups in total. The number of rotatable bonds is 0. The summed E-state index contributed by atoms with van der Waals surface area (Å²) in [6, 6.07) is 0. The molecular formula is C2H5ClPd. The molecule has 0 saturated carbocycles. The van der Waals surface area contributed by atoms with Gasteiger partial charge in [-0.15, -0.1) is 0 Å². The van der Waals surface area contributed by atoms with Crippen LogP contribution in [0, 0.1) is 6.92 Å². The third-order valence-electron chi connectivity index (χ3n) is 0. The van der Waals surface area contributed by atoms with Crippen LogP contribution in [-0.4, -0.2) is 0 Å². The van der Waals surface area contributed by atoms with Gasteiger partial charge in [0.25, 0.3) is 0 Å². The monoisotopic (exact) mass is 170 g/mol. The van der Waals surface area contributed by atoms with Gasteiger partial charge in [-0.2, -0.15) is 6.92 Å². The van der Waals surface area contributed by atoms with Crippen LogP contribution in [0.3, 0.4) is 0 Å². The molecule has 30 valence electrons. The average molecular weight is 171 g/mol. The second-order valence-electron chi connectivity index (χ2n) is 0. The quantitative estimate of drug-likeness (QED) is 0.383. The van der Waals surface area contributed by atoms with Crippen LogP contribution in [0.15, 0.2) is 0 Å². The molecule has 4 heavy (non-hydrogen) atoms. The fourth-order valence-corrected chi connectivity index (χ4v) is 0. The molecule has 0 aromatic heterocycles. The summed E-state index contributed by atoms with van der Waals surface area (Å²) < 4.78 is 0. The summed E-state index contributed by atoms with van der Waals surface area (Å²) in [5, 5.41) is 0. The SMILES string of the molecule is [CH2-]C.[Cl][Pd+]. The second-order valence-corrected chi connectivity index (χ2v) is 0. The fraction of sp³-hybridized carbons (Fsp3) is 0.500. The molecule has 0 saturated heterocycles. The first-order chi connectivity index (χ1) is 2.00. The van der Waals surface area contributed by atoms with E-state index in [1.807, 2.05) is 0 Å². The fourth-order valence-electron chi connectivity index (χ4n) is 0. The van der Waals surface area contributed by atoms with Gasteiger partial charge in [-0.3, -0.25) is 0 Å². The first-order valence-corrected chi connectivity index (χ1v) is 2.83. The van der Waals surface area contributed by atoms with Crippen molar-refractivity contribution in [1.29, 1.82) is 0 Å². The third kappa shape index (κ3) is 12.4. The van der Waals surface area contributed by atoms with Crippen LogP contribution in [0.4, 0.5) is 0 Å². The summed E-state index contributed by atoms with van der Waals surface area (Å²) in [5.74, 6) is 0. The standard InChI is InChI=1S/C2H5.ClH.Pd/c1-2;;/h1H2,2H3;1H;/q-1;;+2/p-1. The van der Waals surface area contributed by atoms with E-state index in [4.69, 9.17) is 0 Å². The van der Waals surface area contributed by atoms with Gasteiger partial charge in [-0.05, 0) is 0 Å². The zero-order chi connectivity index (χ0) is 4.00. The van der Waals surface area contributed by atoms with E-state index in [1.54, 1.807) is 6.92 Å². The molecule has 0 aliphatic heterocycles. The van der Waals surface area contributed by atoms with E-state index in [9.17, 15) is 0 Å². The van der Waals surface area contributed by atoms with Gasteiger partial charge in [0.2, 0.25) is 0 Å². The third-order valence-corrected chi connectivity index (χ3v) is 0. The molecule has 0 nitrogen and oxygen atoms in total. The predicted octanol–water partition coefficient (Wildman–Crippen LogP) is 1.53. The Balaban J connectivity index is 0. The van der Waals surface area contributed by atoms with Crippen LogP contribution in [0.2, 0.25) is 0 Å². The number of halogens is 1.